The minimum absolute atomic E-state index is 0.0674. The highest BCUT2D eigenvalue weighted by Crippen LogP contribution is 2.27. The molecule has 1 atom stereocenters. The van der Waals surface area contributed by atoms with Gasteiger partial charge in [-0.25, -0.2) is 17.7 Å². The molecule has 29 heavy (non-hydrogen) atoms. The van der Waals surface area contributed by atoms with Gasteiger partial charge in [0.05, 0.1) is 19.4 Å². The maximum Gasteiger partial charge on any atom is 0.223 e. The van der Waals surface area contributed by atoms with Gasteiger partial charge < -0.3 is 10.1 Å². The van der Waals surface area contributed by atoms with E-state index in [0.717, 1.165) is 16.7 Å². The lowest BCUT2D eigenvalue weighted by molar-refractivity contribution is -0.126. The first-order valence-electron chi connectivity index (χ1n) is 9.60. The van der Waals surface area contributed by atoms with E-state index in [4.69, 9.17) is 4.74 Å². The van der Waals surface area contributed by atoms with Gasteiger partial charge in [0.25, 0.3) is 0 Å². The van der Waals surface area contributed by atoms with Gasteiger partial charge in [0.2, 0.25) is 21.8 Å². The third kappa shape index (κ3) is 5.13. The number of carbonyl (C=O) groups excluding carboxylic acids is 1. The molecule has 0 bridgehead atoms. The first-order chi connectivity index (χ1) is 13.8. The molecule has 1 aromatic heterocycles. The molecular weight excluding hydrogens is 390 g/mol. The Morgan fingerprint density at radius 3 is 2.45 bits per heavy atom. The van der Waals surface area contributed by atoms with Crippen molar-refractivity contribution in [2.75, 3.05) is 26.5 Å². The van der Waals surface area contributed by atoms with Crippen molar-refractivity contribution in [3.05, 3.63) is 59.3 Å². The van der Waals surface area contributed by atoms with Crippen LogP contribution in [0.1, 0.15) is 35.6 Å². The molecule has 156 valence electrons. The Hall–Kier alpha value is -2.45. The summed E-state index contributed by atoms with van der Waals surface area (Å²) in [5.74, 6) is 0.227. The van der Waals surface area contributed by atoms with Crippen LogP contribution in [0.15, 0.2) is 42.6 Å². The number of carbonyl (C=O) groups is 1. The van der Waals surface area contributed by atoms with Crippen LogP contribution in [0.25, 0.3) is 0 Å². The molecule has 7 nitrogen and oxygen atoms in total. The van der Waals surface area contributed by atoms with Gasteiger partial charge in [-0.05, 0) is 42.5 Å². The Kier molecular flexibility index (Phi) is 6.54. The molecule has 1 unspecified atom stereocenters. The molecule has 2 heterocycles. The van der Waals surface area contributed by atoms with Crippen molar-refractivity contribution in [3.8, 4) is 5.88 Å². The van der Waals surface area contributed by atoms with E-state index < -0.39 is 10.0 Å². The van der Waals surface area contributed by atoms with E-state index in [1.807, 2.05) is 37.3 Å². The molecule has 1 amide bonds. The molecule has 1 aliphatic rings. The average Bonchev–Trinajstić information content (AvgIpc) is 2.72. The summed E-state index contributed by atoms with van der Waals surface area (Å²) in [5.41, 5.74) is 2.93. The van der Waals surface area contributed by atoms with E-state index in [-0.39, 0.29) is 17.9 Å². The number of aryl methyl sites for hydroxylation is 1. The van der Waals surface area contributed by atoms with Gasteiger partial charge in [0, 0.05) is 31.3 Å². The van der Waals surface area contributed by atoms with Crippen LogP contribution in [0.4, 0.5) is 0 Å². The number of rotatable bonds is 6. The average molecular weight is 418 g/mol. The molecule has 2 aromatic rings. The quantitative estimate of drug-likeness (QED) is 0.779. The highest BCUT2D eigenvalue weighted by Gasteiger charge is 2.30. The van der Waals surface area contributed by atoms with Crippen LogP contribution in [-0.2, 0) is 14.8 Å². The maximum atomic E-state index is 13.0. The molecule has 8 heteroatoms. The number of pyridine rings is 1. The Labute approximate surface area is 172 Å². The van der Waals surface area contributed by atoms with Gasteiger partial charge in [0.1, 0.15) is 0 Å². The SMILES string of the molecule is COc1ccc(C(NC(=O)C2CCN(S(C)(=O)=O)CC2)c2ccccc2C)cn1. The summed E-state index contributed by atoms with van der Waals surface area (Å²) in [4.78, 5) is 17.3. The number of amides is 1. The van der Waals surface area contributed by atoms with Gasteiger partial charge >= 0.3 is 0 Å². The summed E-state index contributed by atoms with van der Waals surface area (Å²) in [6.45, 7) is 2.75. The predicted molar refractivity (Wildman–Crippen MR) is 111 cm³/mol. The van der Waals surface area contributed by atoms with Crippen LogP contribution in [0, 0.1) is 12.8 Å². The minimum Gasteiger partial charge on any atom is -0.481 e. The number of sulfonamides is 1. The third-order valence-electron chi connectivity index (χ3n) is 5.38. The zero-order valence-electron chi connectivity index (χ0n) is 17.0. The summed E-state index contributed by atoms with van der Waals surface area (Å²) < 4.78 is 30.0. The van der Waals surface area contributed by atoms with Crippen LogP contribution in [0.3, 0.4) is 0 Å². The summed E-state index contributed by atoms with van der Waals surface area (Å²) in [6, 6.07) is 11.3. The fourth-order valence-corrected chi connectivity index (χ4v) is 4.52. The van der Waals surface area contributed by atoms with Crippen molar-refractivity contribution in [1.82, 2.24) is 14.6 Å². The smallest absolute Gasteiger partial charge is 0.223 e. The van der Waals surface area contributed by atoms with Crippen molar-refractivity contribution in [1.29, 1.82) is 0 Å². The largest absolute Gasteiger partial charge is 0.481 e. The molecule has 3 rings (SSSR count). The van der Waals surface area contributed by atoms with E-state index in [1.165, 1.54) is 10.6 Å². The highest BCUT2D eigenvalue weighted by atomic mass is 32.2. The van der Waals surface area contributed by atoms with Gasteiger partial charge in [-0.1, -0.05) is 24.3 Å². The van der Waals surface area contributed by atoms with Crippen LogP contribution >= 0.6 is 0 Å². The Bertz CT molecular complexity index is 952. The number of piperidine rings is 1. The first kappa shape index (κ1) is 21.3. The lowest BCUT2D eigenvalue weighted by Crippen LogP contribution is -2.43. The van der Waals surface area contributed by atoms with Gasteiger partial charge in [-0.15, -0.1) is 0 Å². The molecule has 1 N–H and O–H groups in total. The third-order valence-corrected chi connectivity index (χ3v) is 6.68. The van der Waals surface area contributed by atoms with E-state index >= 15 is 0 Å². The maximum absolute atomic E-state index is 13.0. The normalized spacial score (nSPS) is 16.9. The monoisotopic (exact) mass is 417 g/mol. The summed E-state index contributed by atoms with van der Waals surface area (Å²) >= 11 is 0. The molecule has 0 spiro atoms. The number of benzene rings is 1. The molecule has 1 saturated heterocycles. The summed E-state index contributed by atoms with van der Waals surface area (Å²) in [6.07, 6.45) is 3.95. The second-order valence-electron chi connectivity index (χ2n) is 7.37. The lowest BCUT2D eigenvalue weighted by atomic mass is 9.93. The Morgan fingerprint density at radius 1 is 1.21 bits per heavy atom. The van der Waals surface area contributed by atoms with Crippen molar-refractivity contribution >= 4 is 15.9 Å². The molecular formula is C21H27N3O4S. The van der Waals surface area contributed by atoms with Crippen LogP contribution in [-0.4, -0.2) is 50.1 Å². The van der Waals surface area contributed by atoms with Crippen LogP contribution in [0.2, 0.25) is 0 Å². The summed E-state index contributed by atoms with van der Waals surface area (Å²) in [5, 5.41) is 3.16. The molecule has 1 aromatic carbocycles. The van der Waals surface area contributed by atoms with Crippen molar-refractivity contribution in [2.45, 2.75) is 25.8 Å². The van der Waals surface area contributed by atoms with Gasteiger partial charge in [-0.2, -0.15) is 0 Å². The number of nitrogens with one attached hydrogen (secondary N) is 1. The lowest BCUT2D eigenvalue weighted by Gasteiger charge is -2.31. The number of methoxy groups -OCH3 is 1. The molecule has 0 radical (unpaired) electrons. The van der Waals surface area contributed by atoms with Crippen LogP contribution in [0.5, 0.6) is 5.88 Å². The summed E-state index contributed by atoms with van der Waals surface area (Å²) in [7, 11) is -1.65. The first-order valence-corrected chi connectivity index (χ1v) is 11.5. The van der Waals surface area contributed by atoms with Gasteiger partial charge in [0.15, 0.2) is 0 Å². The van der Waals surface area contributed by atoms with Crippen molar-refractivity contribution < 1.29 is 17.9 Å². The number of nitrogens with zero attached hydrogens (tertiary/aromatic N) is 2. The second-order valence-corrected chi connectivity index (χ2v) is 9.35. The molecule has 0 saturated carbocycles. The molecule has 1 fully saturated rings. The standard InChI is InChI=1S/C21H27N3O4S/c1-15-6-4-5-7-18(15)20(17-8-9-19(28-2)22-14-17)23-21(25)16-10-12-24(13-11-16)29(3,26)27/h4-9,14,16,20H,10-13H2,1-3H3,(H,23,25). The Morgan fingerprint density at radius 2 is 1.90 bits per heavy atom. The predicted octanol–water partition coefficient (Wildman–Crippen LogP) is 2.28. The Balaban J connectivity index is 1.80. The topological polar surface area (TPSA) is 88.6 Å². The van der Waals surface area contributed by atoms with Crippen LogP contribution < -0.4 is 10.1 Å². The van der Waals surface area contributed by atoms with Crippen molar-refractivity contribution in [3.63, 3.8) is 0 Å². The number of hydrogen-bond acceptors (Lipinski definition) is 5. The van der Waals surface area contributed by atoms with E-state index in [9.17, 15) is 13.2 Å². The second kappa shape index (κ2) is 8.92. The zero-order valence-corrected chi connectivity index (χ0v) is 17.8. The fourth-order valence-electron chi connectivity index (χ4n) is 3.64. The number of aromatic nitrogens is 1. The van der Waals surface area contributed by atoms with E-state index in [1.54, 1.807) is 19.4 Å². The molecule has 0 aliphatic carbocycles. The van der Waals surface area contributed by atoms with Crippen molar-refractivity contribution in [2.24, 2.45) is 5.92 Å². The van der Waals surface area contributed by atoms with Gasteiger partial charge in [-0.3, -0.25) is 4.79 Å². The highest BCUT2D eigenvalue weighted by molar-refractivity contribution is 7.88. The van der Waals surface area contributed by atoms with E-state index in [0.29, 0.717) is 31.8 Å². The molecule has 1 aliphatic heterocycles. The minimum atomic E-state index is -3.21. The van der Waals surface area contributed by atoms with E-state index in [2.05, 4.69) is 10.3 Å². The zero-order chi connectivity index (χ0) is 21.0. The number of hydrogen-bond donors (Lipinski definition) is 1. The fraction of sp³-hybridized carbons (Fsp3) is 0.429. The number of ether oxygens (including phenoxy) is 1.